The lowest BCUT2D eigenvalue weighted by Crippen LogP contribution is -2.27. The molecule has 1 aliphatic carbocycles. The standard InChI is InChI=1S/C18H15ClO2/c1-12-16(13-7-4-3-5-8-13)18(12,17(20)21-2)14-9-6-10-15(19)11-14/h3-11H,1-2H3/t18-/m1/s1. The highest BCUT2D eigenvalue weighted by molar-refractivity contribution is 6.30. The second-order valence-corrected chi connectivity index (χ2v) is 5.55. The van der Waals surface area contributed by atoms with E-state index in [0.717, 1.165) is 22.3 Å². The summed E-state index contributed by atoms with van der Waals surface area (Å²) in [6.45, 7) is 1.97. The minimum atomic E-state index is -0.791. The average molecular weight is 299 g/mol. The van der Waals surface area contributed by atoms with Crippen molar-refractivity contribution in [3.8, 4) is 0 Å². The number of benzene rings is 2. The average Bonchev–Trinajstić information content (AvgIpc) is 3.14. The Morgan fingerprint density at radius 1 is 1.10 bits per heavy atom. The summed E-state index contributed by atoms with van der Waals surface area (Å²) in [5.74, 6) is -0.263. The van der Waals surface area contributed by atoms with E-state index < -0.39 is 5.41 Å². The summed E-state index contributed by atoms with van der Waals surface area (Å²) in [6.07, 6.45) is 0. The van der Waals surface area contributed by atoms with Gasteiger partial charge in [0.2, 0.25) is 0 Å². The topological polar surface area (TPSA) is 26.3 Å². The number of carbonyl (C=O) groups is 1. The lowest BCUT2D eigenvalue weighted by Gasteiger charge is -2.18. The van der Waals surface area contributed by atoms with E-state index >= 15 is 0 Å². The molecule has 0 fully saturated rings. The van der Waals surface area contributed by atoms with Crippen LogP contribution in [0.1, 0.15) is 18.1 Å². The SMILES string of the molecule is COC(=O)[C@@]1(c2cccc(Cl)c2)C(C)=C1c1ccccc1. The first-order valence-electron chi connectivity index (χ1n) is 6.74. The Balaban J connectivity index is 2.13. The van der Waals surface area contributed by atoms with Gasteiger partial charge >= 0.3 is 5.97 Å². The van der Waals surface area contributed by atoms with Crippen molar-refractivity contribution in [1.29, 1.82) is 0 Å². The van der Waals surface area contributed by atoms with Crippen LogP contribution in [-0.2, 0) is 14.9 Å². The van der Waals surface area contributed by atoms with Crippen molar-refractivity contribution >= 4 is 23.1 Å². The van der Waals surface area contributed by atoms with E-state index in [0.29, 0.717) is 5.02 Å². The Bertz CT molecular complexity index is 734. The van der Waals surface area contributed by atoms with Gasteiger partial charge in [0.05, 0.1) is 7.11 Å². The number of halogens is 1. The van der Waals surface area contributed by atoms with E-state index in [9.17, 15) is 4.79 Å². The number of rotatable bonds is 3. The fourth-order valence-corrected chi connectivity index (χ4v) is 3.24. The third kappa shape index (κ3) is 1.98. The summed E-state index contributed by atoms with van der Waals surface area (Å²) < 4.78 is 5.07. The normalized spacial score (nSPS) is 20.3. The molecule has 21 heavy (non-hydrogen) atoms. The van der Waals surface area contributed by atoms with Crippen molar-refractivity contribution in [3.05, 3.63) is 76.3 Å². The van der Waals surface area contributed by atoms with Crippen molar-refractivity contribution in [3.63, 3.8) is 0 Å². The van der Waals surface area contributed by atoms with Gasteiger partial charge in [-0.15, -0.1) is 0 Å². The van der Waals surface area contributed by atoms with E-state index in [-0.39, 0.29) is 5.97 Å². The zero-order valence-corrected chi connectivity index (χ0v) is 12.6. The van der Waals surface area contributed by atoms with Crippen LogP contribution in [0.5, 0.6) is 0 Å². The van der Waals surface area contributed by atoms with E-state index in [2.05, 4.69) is 0 Å². The smallest absolute Gasteiger partial charge is 0.325 e. The fraction of sp³-hybridized carbons (Fsp3) is 0.167. The van der Waals surface area contributed by atoms with Crippen LogP contribution < -0.4 is 0 Å². The molecule has 2 nitrogen and oxygen atoms in total. The predicted molar refractivity (Wildman–Crippen MR) is 84.2 cm³/mol. The molecule has 0 heterocycles. The Morgan fingerprint density at radius 3 is 2.43 bits per heavy atom. The monoisotopic (exact) mass is 298 g/mol. The van der Waals surface area contributed by atoms with E-state index in [1.807, 2.05) is 55.5 Å². The molecule has 1 atom stereocenters. The van der Waals surface area contributed by atoms with Crippen molar-refractivity contribution in [2.24, 2.45) is 0 Å². The van der Waals surface area contributed by atoms with Gasteiger partial charge in [0.1, 0.15) is 5.41 Å². The van der Waals surface area contributed by atoms with Gasteiger partial charge in [-0.1, -0.05) is 54.1 Å². The third-order valence-electron chi connectivity index (χ3n) is 4.06. The molecule has 0 saturated carbocycles. The molecule has 0 bridgehead atoms. The highest BCUT2D eigenvalue weighted by atomic mass is 35.5. The first kappa shape index (κ1) is 13.9. The van der Waals surface area contributed by atoms with Gasteiger partial charge < -0.3 is 4.74 Å². The second-order valence-electron chi connectivity index (χ2n) is 5.12. The van der Waals surface area contributed by atoms with E-state index in [1.165, 1.54) is 7.11 Å². The van der Waals surface area contributed by atoms with Crippen LogP contribution in [0.15, 0.2) is 60.2 Å². The molecule has 106 valence electrons. The maximum Gasteiger partial charge on any atom is 0.325 e. The molecule has 0 saturated heterocycles. The van der Waals surface area contributed by atoms with Crippen molar-refractivity contribution in [2.45, 2.75) is 12.3 Å². The van der Waals surface area contributed by atoms with Crippen molar-refractivity contribution in [1.82, 2.24) is 0 Å². The maximum absolute atomic E-state index is 12.5. The van der Waals surface area contributed by atoms with Gasteiger partial charge in [-0.3, -0.25) is 4.79 Å². The lowest BCUT2D eigenvalue weighted by molar-refractivity contribution is -0.142. The molecule has 0 amide bonds. The minimum absolute atomic E-state index is 0.263. The number of ether oxygens (including phenoxy) is 1. The predicted octanol–water partition coefficient (Wildman–Crippen LogP) is 4.24. The minimum Gasteiger partial charge on any atom is -0.468 e. The quantitative estimate of drug-likeness (QED) is 0.792. The van der Waals surface area contributed by atoms with E-state index in [4.69, 9.17) is 16.3 Å². The first-order chi connectivity index (χ1) is 10.1. The third-order valence-corrected chi connectivity index (χ3v) is 4.30. The molecule has 3 heteroatoms. The Hall–Kier alpha value is -2.06. The van der Waals surface area contributed by atoms with Crippen LogP contribution in [-0.4, -0.2) is 13.1 Å². The van der Waals surface area contributed by atoms with Crippen molar-refractivity contribution < 1.29 is 9.53 Å². The summed E-state index contributed by atoms with van der Waals surface area (Å²) in [6, 6.07) is 17.3. The molecule has 0 N–H and O–H groups in total. The number of hydrogen-bond donors (Lipinski definition) is 0. The summed E-state index contributed by atoms with van der Waals surface area (Å²) in [5.41, 5.74) is 3.14. The molecule has 0 aliphatic heterocycles. The van der Waals surface area contributed by atoms with Gasteiger partial charge in [-0.25, -0.2) is 0 Å². The van der Waals surface area contributed by atoms with Gasteiger partial charge in [0.15, 0.2) is 0 Å². The Morgan fingerprint density at radius 2 is 1.81 bits per heavy atom. The Labute approximate surface area is 129 Å². The molecule has 0 radical (unpaired) electrons. The van der Waals surface area contributed by atoms with Gasteiger partial charge in [-0.05, 0) is 41.3 Å². The molecular formula is C18H15ClO2. The van der Waals surface area contributed by atoms with Crippen LogP contribution in [0.2, 0.25) is 5.02 Å². The Kier molecular flexibility index (Phi) is 3.34. The molecule has 2 aromatic rings. The van der Waals surface area contributed by atoms with Gasteiger partial charge in [0, 0.05) is 5.02 Å². The van der Waals surface area contributed by atoms with Gasteiger partial charge in [0.25, 0.3) is 0 Å². The number of methoxy groups -OCH3 is 1. The first-order valence-corrected chi connectivity index (χ1v) is 7.12. The van der Waals surface area contributed by atoms with Crippen LogP contribution in [0.25, 0.3) is 5.57 Å². The number of hydrogen-bond acceptors (Lipinski definition) is 2. The fourth-order valence-electron chi connectivity index (χ4n) is 3.05. The lowest BCUT2D eigenvalue weighted by atomic mass is 9.86. The summed E-state index contributed by atoms with van der Waals surface area (Å²) >= 11 is 6.10. The summed E-state index contributed by atoms with van der Waals surface area (Å²) in [7, 11) is 1.42. The molecule has 0 spiro atoms. The summed E-state index contributed by atoms with van der Waals surface area (Å²) in [5, 5.41) is 0.614. The molecule has 0 aromatic heterocycles. The second kappa shape index (κ2) is 5.05. The number of esters is 1. The maximum atomic E-state index is 12.5. The number of carbonyl (C=O) groups excluding carboxylic acids is 1. The highest BCUT2D eigenvalue weighted by Gasteiger charge is 2.59. The molecule has 2 aromatic carbocycles. The van der Waals surface area contributed by atoms with Crippen LogP contribution >= 0.6 is 11.6 Å². The summed E-state index contributed by atoms with van der Waals surface area (Å²) in [4.78, 5) is 12.5. The van der Waals surface area contributed by atoms with Crippen LogP contribution in [0.3, 0.4) is 0 Å². The molecule has 0 unspecified atom stereocenters. The molecule has 3 rings (SSSR count). The molecular weight excluding hydrogens is 284 g/mol. The largest absolute Gasteiger partial charge is 0.468 e. The van der Waals surface area contributed by atoms with E-state index in [1.54, 1.807) is 6.07 Å². The molecule has 1 aliphatic rings. The highest BCUT2D eigenvalue weighted by Crippen LogP contribution is 2.60. The zero-order valence-electron chi connectivity index (χ0n) is 11.9. The van der Waals surface area contributed by atoms with Crippen LogP contribution in [0, 0.1) is 0 Å². The van der Waals surface area contributed by atoms with Crippen LogP contribution in [0.4, 0.5) is 0 Å². The zero-order chi connectivity index (χ0) is 15.0. The van der Waals surface area contributed by atoms with Gasteiger partial charge in [-0.2, -0.15) is 0 Å². The van der Waals surface area contributed by atoms with Crippen molar-refractivity contribution in [2.75, 3.05) is 7.11 Å².